The van der Waals surface area contributed by atoms with Gasteiger partial charge in [0.15, 0.2) is 16.7 Å². The molecule has 1 aromatic heterocycles. The Morgan fingerprint density at radius 2 is 1.94 bits per heavy atom. The molecule has 9 heteroatoms. The lowest BCUT2D eigenvalue weighted by Crippen LogP contribution is -2.28. The van der Waals surface area contributed by atoms with E-state index in [-0.39, 0.29) is 17.2 Å². The third kappa shape index (κ3) is 5.42. The van der Waals surface area contributed by atoms with Gasteiger partial charge in [-0.1, -0.05) is 43.0 Å². The van der Waals surface area contributed by atoms with Crippen LogP contribution in [0.3, 0.4) is 0 Å². The van der Waals surface area contributed by atoms with E-state index in [0.717, 1.165) is 23.4 Å². The molecule has 2 aromatic carbocycles. The molecule has 1 atom stereocenters. The first-order valence-corrected chi connectivity index (χ1v) is 12.8. The van der Waals surface area contributed by atoms with Crippen molar-refractivity contribution in [1.82, 2.24) is 14.9 Å². The maximum absolute atomic E-state index is 13.3. The van der Waals surface area contributed by atoms with Gasteiger partial charge in [0.2, 0.25) is 5.91 Å². The lowest BCUT2D eigenvalue weighted by molar-refractivity contribution is -0.118. The summed E-state index contributed by atoms with van der Waals surface area (Å²) in [5, 5.41) is 3.81. The summed E-state index contributed by atoms with van der Waals surface area (Å²) in [5.74, 6) is 1.40. The van der Waals surface area contributed by atoms with Crippen LogP contribution >= 0.6 is 23.5 Å². The quantitative estimate of drug-likeness (QED) is 0.356. The van der Waals surface area contributed by atoms with Crippen LogP contribution in [0.1, 0.15) is 18.2 Å². The molecule has 34 heavy (non-hydrogen) atoms. The fraction of sp³-hybridized carbons (Fsp3) is 0.320. The Kier molecular flexibility index (Phi) is 7.84. The SMILES string of the molecule is COc1ccc(CCNC(=O)CSc2nc3c(c(=O)n2-c2ccccc2)SC(C)C3)cc1OC. The van der Waals surface area contributed by atoms with Gasteiger partial charge in [0.25, 0.3) is 5.56 Å². The van der Waals surface area contributed by atoms with Crippen molar-refractivity contribution in [2.75, 3.05) is 26.5 Å². The molecule has 2 heterocycles. The van der Waals surface area contributed by atoms with Gasteiger partial charge in [-0.25, -0.2) is 4.98 Å². The van der Waals surface area contributed by atoms with E-state index in [2.05, 4.69) is 12.2 Å². The van der Waals surface area contributed by atoms with Crippen LogP contribution in [-0.4, -0.2) is 47.2 Å². The minimum atomic E-state index is -0.109. The van der Waals surface area contributed by atoms with Crippen molar-refractivity contribution in [3.63, 3.8) is 0 Å². The summed E-state index contributed by atoms with van der Waals surface area (Å²) in [6.45, 7) is 2.59. The van der Waals surface area contributed by atoms with E-state index < -0.39 is 0 Å². The average molecular weight is 498 g/mol. The molecule has 4 rings (SSSR count). The molecule has 3 aromatic rings. The molecule has 178 valence electrons. The van der Waals surface area contributed by atoms with Crippen LogP contribution in [-0.2, 0) is 17.6 Å². The van der Waals surface area contributed by atoms with Gasteiger partial charge in [-0.05, 0) is 36.2 Å². The predicted octanol–water partition coefficient (Wildman–Crippen LogP) is 3.74. The molecule has 0 radical (unpaired) electrons. The minimum Gasteiger partial charge on any atom is -0.493 e. The molecule has 0 fully saturated rings. The Hall–Kier alpha value is -2.91. The zero-order valence-corrected chi connectivity index (χ0v) is 21.0. The van der Waals surface area contributed by atoms with Gasteiger partial charge in [0.1, 0.15) is 0 Å². The van der Waals surface area contributed by atoms with Crippen molar-refractivity contribution < 1.29 is 14.3 Å². The van der Waals surface area contributed by atoms with Crippen LogP contribution in [0.4, 0.5) is 0 Å². The maximum Gasteiger partial charge on any atom is 0.272 e. The summed E-state index contributed by atoms with van der Waals surface area (Å²) in [7, 11) is 3.20. The van der Waals surface area contributed by atoms with Crippen molar-refractivity contribution >= 4 is 29.4 Å². The highest BCUT2D eigenvalue weighted by atomic mass is 32.2. The highest BCUT2D eigenvalue weighted by Crippen LogP contribution is 2.34. The number of carbonyl (C=O) groups is 1. The molecule has 0 aliphatic carbocycles. The summed E-state index contributed by atoms with van der Waals surface area (Å²) in [5.41, 5.74) is 2.54. The Morgan fingerprint density at radius 1 is 1.18 bits per heavy atom. The molecule has 0 bridgehead atoms. The van der Waals surface area contributed by atoms with Gasteiger partial charge in [-0.15, -0.1) is 11.8 Å². The van der Waals surface area contributed by atoms with Crippen molar-refractivity contribution in [3.05, 3.63) is 70.1 Å². The van der Waals surface area contributed by atoms with Gasteiger partial charge >= 0.3 is 0 Å². The van der Waals surface area contributed by atoms with Crippen LogP contribution in [0.2, 0.25) is 0 Å². The van der Waals surface area contributed by atoms with Crippen LogP contribution in [0.15, 0.2) is 63.4 Å². The molecule has 1 aliphatic rings. The first-order valence-electron chi connectivity index (χ1n) is 11.0. The Bertz CT molecular complexity index is 1230. The number of benzene rings is 2. The normalized spacial score (nSPS) is 14.5. The number of nitrogens with zero attached hydrogens (tertiary/aromatic N) is 2. The molecule has 7 nitrogen and oxygen atoms in total. The molecular formula is C25H27N3O4S2. The Balaban J connectivity index is 1.42. The third-order valence-electron chi connectivity index (χ3n) is 5.41. The zero-order valence-electron chi connectivity index (χ0n) is 19.4. The van der Waals surface area contributed by atoms with Gasteiger partial charge in [-0.2, -0.15) is 0 Å². The summed E-state index contributed by atoms with van der Waals surface area (Å²) in [4.78, 5) is 31.3. The molecule has 1 amide bonds. The molecule has 1 aliphatic heterocycles. The number of ether oxygens (including phenoxy) is 2. The minimum absolute atomic E-state index is 0.0677. The Morgan fingerprint density at radius 3 is 2.68 bits per heavy atom. The van der Waals surface area contributed by atoms with E-state index in [0.29, 0.717) is 39.8 Å². The van der Waals surface area contributed by atoms with E-state index in [1.54, 1.807) is 30.5 Å². The fourth-order valence-electron chi connectivity index (χ4n) is 3.77. The number of amides is 1. The number of fused-ring (bicyclic) bond motifs is 1. The second kappa shape index (κ2) is 11.0. The molecule has 0 spiro atoms. The number of nitrogens with one attached hydrogen (secondary N) is 1. The topological polar surface area (TPSA) is 82.5 Å². The fourth-order valence-corrected chi connectivity index (χ4v) is 5.72. The van der Waals surface area contributed by atoms with E-state index in [9.17, 15) is 9.59 Å². The van der Waals surface area contributed by atoms with E-state index in [1.165, 1.54) is 11.8 Å². The predicted molar refractivity (Wildman–Crippen MR) is 136 cm³/mol. The lowest BCUT2D eigenvalue weighted by atomic mass is 10.1. The lowest BCUT2D eigenvalue weighted by Gasteiger charge is -2.13. The van der Waals surface area contributed by atoms with E-state index >= 15 is 0 Å². The summed E-state index contributed by atoms with van der Waals surface area (Å²) >= 11 is 2.85. The second-order valence-electron chi connectivity index (χ2n) is 7.86. The van der Waals surface area contributed by atoms with Gasteiger partial charge in [0.05, 0.1) is 36.2 Å². The number of hydrogen-bond acceptors (Lipinski definition) is 7. The average Bonchev–Trinajstić information content (AvgIpc) is 3.23. The van der Waals surface area contributed by atoms with Crippen LogP contribution in [0.5, 0.6) is 11.5 Å². The van der Waals surface area contributed by atoms with Crippen molar-refractivity contribution in [1.29, 1.82) is 0 Å². The molecule has 0 saturated heterocycles. The number of thioether (sulfide) groups is 2. The molecule has 0 saturated carbocycles. The number of para-hydroxylation sites is 1. The van der Waals surface area contributed by atoms with Gasteiger partial charge in [0, 0.05) is 18.2 Å². The molecule has 1 unspecified atom stereocenters. The highest BCUT2D eigenvalue weighted by Gasteiger charge is 2.27. The molecule has 1 N–H and O–H groups in total. The largest absolute Gasteiger partial charge is 0.493 e. The first kappa shape index (κ1) is 24.2. The van der Waals surface area contributed by atoms with Crippen LogP contribution in [0, 0.1) is 0 Å². The summed E-state index contributed by atoms with van der Waals surface area (Å²) < 4.78 is 12.2. The highest BCUT2D eigenvalue weighted by molar-refractivity contribution is 8.00. The Labute approximate surface area is 207 Å². The number of rotatable bonds is 9. The molecular weight excluding hydrogens is 470 g/mol. The van der Waals surface area contributed by atoms with E-state index in [4.69, 9.17) is 14.5 Å². The van der Waals surface area contributed by atoms with Gasteiger partial charge in [-0.3, -0.25) is 14.2 Å². The third-order valence-corrected chi connectivity index (χ3v) is 7.57. The maximum atomic E-state index is 13.3. The first-order chi connectivity index (χ1) is 16.5. The standard InChI is InChI=1S/C25H27N3O4S2/c1-16-13-19-23(34-16)24(30)28(18-7-5-4-6-8-18)25(27-19)33-15-22(29)26-12-11-17-9-10-20(31-2)21(14-17)32-3/h4-10,14,16H,11-13,15H2,1-3H3,(H,26,29). The van der Waals surface area contributed by atoms with E-state index in [1.807, 2.05) is 48.5 Å². The van der Waals surface area contributed by atoms with Crippen molar-refractivity contribution in [3.8, 4) is 17.2 Å². The number of methoxy groups -OCH3 is 2. The number of aromatic nitrogens is 2. The van der Waals surface area contributed by atoms with Crippen LogP contribution < -0.4 is 20.3 Å². The zero-order chi connectivity index (χ0) is 24.1. The van der Waals surface area contributed by atoms with Crippen molar-refractivity contribution in [2.24, 2.45) is 0 Å². The van der Waals surface area contributed by atoms with Crippen LogP contribution in [0.25, 0.3) is 5.69 Å². The number of carbonyl (C=O) groups excluding carboxylic acids is 1. The monoisotopic (exact) mass is 497 g/mol. The second-order valence-corrected chi connectivity index (χ2v) is 10.2. The number of hydrogen-bond donors (Lipinski definition) is 1. The smallest absolute Gasteiger partial charge is 0.272 e. The van der Waals surface area contributed by atoms with Crippen molar-refractivity contribution in [2.45, 2.75) is 35.1 Å². The summed E-state index contributed by atoms with van der Waals surface area (Å²) in [6.07, 6.45) is 1.42. The summed E-state index contributed by atoms with van der Waals surface area (Å²) in [6, 6.07) is 15.2. The van der Waals surface area contributed by atoms with Gasteiger partial charge < -0.3 is 14.8 Å².